The Balaban J connectivity index is 1.37. The summed E-state index contributed by atoms with van der Waals surface area (Å²) in [5.74, 6) is 0. The van der Waals surface area contributed by atoms with Gasteiger partial charge < -0.3 is 10.2 Å². The van der Waals surface area contributed by atoms with Crippen molar-refractivity contribution in [3.8, 4) is 11.3 Å². The average Bonchev–Trinajstić information content (AvgIpc) is 3.65. The van der Waals surface area contributed by atoms with Gasteiger partial charge in [0.1, 0.15) is 5.69 Å². The molecule has 3 aromatic heterocycles. The highest BCUT2D eigenvalue weighted by Crippen LogP contribution is 2.48. The van der Waals surface area contributed by atoms with Gasteiger partial charge in [-0.2, -0.15) is 5.10 Å². The Morgan fingerprint density at radius 2 is 1.89 bits per heavy atom. The molecule has 38 heavy (non-hydrogen) atoms. The van der Waals surface area contributed by atoms with Crippen molar-refractivity contribution in [2.24, 2.45) is 0 Å². The Bertz CT molecular complexity index is 1690. The summed E-state index contributed by atoms with van der Waals surface area (Å²) in [4.78, 5) is 19.2. The van der Waals surface area contributed by atoms with E-state index in [0.717, 1.165) is 57.3 Å². The van der Waals surface area contributed by atoms with E-state index in [1.165, 1.54) is 3.97 Å². The van der Waals surface area contributed by atoms with Gasteiger partial charge in [-0.15, -0.1) is 0 Å². The zero-order valence-electron chi connectivity index (χ0n) is 21.5. The fourth-order valence-corrected chi connectivity index (χ4v) is 8.11. The first-order valence-electron chi connectivity index (χ1n) is 12.7. The first kappa shape index (κ1) is 25.1. The van der Waals surface area contributed by atoms with Gasteiger partial charge >= 0.3 is 6.03 Å². The van der Waals surface area contributed by atoms with E-state index >= 15 is 0 Å². The molecule has 1 unspecified atom stereocenters. The van der Waals surface area contributed by atoms with E-state index in [0.29, 0.717) is 25.3 Å². The van der Waals surface area contributed by atoms with Crippen molar-refractivity contribution in [3.05, 3.63) is 64.0 Å². The van der Waals surface area contributed by atoms with Gasteiger partial charge in [0.05, 0.1) is 15.1 Å². The van der Waals surface area contributed by atoms with Crippen molar-refractivity contribution >= 4 is 43.0 Å². The Morgan fingerprint density at radius 3 is 2.63 bits per heavy atom. The number of aromatic nitrogens is 4. The third-order valence-corrected chi connectivity index (χ3v) is 10.2. The van der Waals surface area contributed by atoms with Crippen LogP contribution in [0.2, 0.25) is 0 Å². The summed E-state index contributed by atoms with van der Waals surface area (Å²) in [5.41, 5.74) is 4.78. The van der Waals surface area contributed by atoms with Crippen molar-refractivity contribution in [2.75, 3.05) is 19.6 Å². The van der Waals surface area contributed by atoms with Gasteiger partial charge in [-0.05, 0) is 73.3 Å². The number of pyridine rings is 1. The van der Waals surface area contributed by atoms with Crippen LogP contribution in [0.1, 0.15) is 36.6 Å². The van der Waals surface area contributed by atoms with Crippen LogP contribution in [0, 0.1) is 13.8 Å². The van der Waals surface area contributed by atoms with Crippen LogP contribution >= 0.6 is 15.9 Å². The molecule has 0 bridgehead atoms. The van der Waals surface area contributed by atoms with Gasteiger partial charge in [-0.3, -0.25) is 4.68 Å². The first-order chi connectivity index (χ1) is 18.1. The van der Waals surface area contributed by atoms with E-state index in [2.05, 4.69) is 26.2 Å². The van der Waals surface area contributed by atoms with Gasteiger partial charge in [0.15, 0.2) is 5.65 Å². The minimum Gasteiger partial charge on any atom is -0.338 e. The van der Waals surface area contributed by atoms with Crippen molar-refractivity contribution in [3.63, 3.8) is 0 Å². The summed E-state index contributed by atoms with van der Waals surface area (Å²) >= 11 is 3.84. The van der Waals surface area contributed by atoms with Crippen LogP contribution in [0.15, 0.2) is 52.1 Å². The molecular formula is C27H29BrN6O3S. The molecule has 1 aromatic carbocycles. The predicted molar refractivity (Wildman–Crippen MR) is 149 cm³/mol. The molecule has 9 nitrogen and oxygen atoms in total. The highest BCUT2D eigenvalue weighted by atomic mass is 79.9. The number of fused-ring (bicyclic) bond motifs is 3. The average molecular weight is 598 g/mol. The standard InChI is InChI=1S/C27H29BrN6O3S/c1-4-29-26(35)32-11-9-27(16-32)10-12-33-24(27)22(28)23(31-33)19-13-21-18(3)15-34(25(21)30-14-19)38(36,37)20-7-5-17(2)6-8-20/h5-8,13-15H,4,9-12,16H2,1-3H3,(H,29,35). The van der Waals surface area contributed by atoms with Crippen molar-refractivity contribution in [2.45, 2.75) is 50.5 Å². The normalized spacial score (nSPS) is 19.0. The molecule has 1 fully saturated rings. The monoisotopic (exact) mass is 596 g/mol. The van der Waals surface area contributed by atoms with Crippen LogP contribution in [-0.4, -0.2) is 57.7 Å². The van der Waals surface area contributed by atoms with E-state index < -0.39 is 10.0 Å². The second-order valence-electron chi connectivity index (χ2n) is 10.3. The molecule has 2 aliphatic heterocycles. The summed E-state index contributed by atoms with van der Waals surface area (Å²) < 4.78 is 31.0. The summed E-state index contributed by atoms with van der Waals surface area (Å²) in [6.45, 7) is 8.52. The molecule has 5 heterocycles. The molecule has 0 radical (unpaired) electrons. The molecule has 2 amide bonds. The molecule has 11 heteroatoms. The van der Waals surface area contributed by atoms with Gasteiger partial charge in [0.2, 0.25) is 0 Å². The Labute approximate surface area is 230 Å². The van der Waals surface area contributed by atoms with E-state index in [4.69, 9.17) is 5.10 Å². The quantitative estimate of drug-likeness (QED) is 0.371. The number of aryl methyl sites for hydroxylation is 3. The lowest BCUT2D eigenvalue weighted by atomic mass is 9.82. The van der Waals surface area contributed by atoms with E-state index in [1.54, 1.807) is 36.7 Å². The maximum absolute atomic E-state index is 13.4. The number of halogens is 1. The third-order valence-electron chi connectivity index (χ3n) is 7.83. The van der Waals surface area contributed by atoms with Crippen LogP contribution in [0.25, 0.3) is 22.3 Å². The number of carbonyl (C=O) groups excluding carboxylic acids is 1. The Morgan fingerprint density at radius 1 is 1.16 bits per heavy atom. The van der Waals surface area contributed by atoms with Gasteiger partial charge in [0.25, 0.3) is 10.0 Å². The number of hydrogen-bond donors (Lipinski definition) is 1. The maximum atomic E-state index is 13.4. The van der Waals surface area contributed by atoms with Crippen LogP contribution in [0.5, 0.6) is 0 Å². The first-order valence-corrected chi connectivity index (χ1v) is 15.0. The SMILES string of the molecule is CCNC(=O)N1CCC2(CCn3nc(-c4cnc5c(c4)c(C)cn5S(=O)(=O)c4ccc(C)cc4)c(Br)c32)C1. The number of carbonyl (C=O) groups is 1. The minimum atomic E-state index is -3.79. The second-order valence-corrected chi connectivity index (χ2v) is 12.9. The van der Waals surface area contributed by atoms with Crippen molar-refractivity contribution in [1.82, 2.24) is 29.0 Å². The largest absolute Gasteiger partial charge is 0.338 e. The molecule has 1 spiro atoms. The highest BCUT2D eigenvalue weighted by molar-refractivity contribution is 9.10. The smallest absolute Gasteiger partial charge is 0.317 e. The molecule has 198 valence electrons. The molecule has 0 aliphatic carbocycles. The summed E-state index contributed by atoms with van der Waals surface area (Å²) in [6, 6.07) is 8.77. The fraction of sp³-hybridized carbons (Fsp3) is 0.370. The van der Waals surface area contributed by atoms with Gasteiger partial charge in [-0.1, -0.05) is 17.7 Å². The minimum absolute atomic E-state index is 0.0195. The Hall–Kier alpha value is -3.18. The highest BCUT2D eigenvalue weighted by Gasteiger charge is 2.48. The maximum Gasteiger partial charge on any atom is 0.317 e. The third kappa shape index (κ3) is 3.78. The fourth-order valence-electron chi connectivity index (χ4n) is 5.80. The number of benzene rings is 1. The van der Waals surface area contributed by atoms with Crippen LogP contribution in [0.4, 0.5) is 4.79 Å². The molecule has 1 saturated heterocycles. The number of nitrogens with one attached hydrogen (secondary N) is 1. The van der Waals surface area contributed by atoms with Crippen molar-refractivity contribution < 1.29 is 13.2 Å². The summed E-state index contributed by atoms with van der Waals surface area (Å²) in [5, 5.41) is 8.59. The predicted octanol–water partition coefficient (Wildman–Crippen LogP) is 4.59. The number of urea groups is 1. The number of nitrogens with zero attached hydrogens (tertiary/aromatic N) is 5. The molecular weight excluding hydrogens is 568 g/mol. The lowest BCUT2D eigenvalue weighted by molar-refractivity contribution is 0.206. The van der Waals surface area contributed by atoms with Crippen LogP contribution in [-0.2, 0) is 22.0 Å². The second kappa shape index (κ2) is 8.94. The zero-order valence-corrected chi connectivity index (χ0v) is 23.9. The zero-order chi connectivity index (χ0) is 26.8. The van der Waals surface area contributed by atoms with Crippen LogP contribution in [0.3, 0.4) is 0 Å². The Kier molecular flexibility index (Phi) is 5.91. The number of amides is 2. The van der Waals surface area contributed by atoms with E-state index in [-0.39, 0.29) is 16.3 Å². The molecule has 6 rings (SSSR count). The van der Waals surface area contributed by atoms with Crippen LogP contribution < -0.4 is 5.32 Å². The molecule has 1 N–H and O–H groups in total. The lowest BCUT2D eigenvalue weighted by Gasteiger charge is -2.24. The molecule has 0 saturated carbocycles. The summed E-state index contributed by atoms with van der Waals surface area (Å²) in [6.07, 6.45) is 5.15. The number of likely N-dealkylation sites (tertiary alicyclic amines) is 1. The summed E-state index contributed by atoms with van der Waals surface area (Å²) in [7, 11) is -3.79. The number of rotatable bonds is 4. The molecule has 4 aromatic rings. The van der Waals surface area contributed by atoms with E-state index in [9.17, 15) is 13.2 Å². The van der Waals surface area contributed by atoms with Gasteiger partial charge in [-0.25, -0.2) is 22.2 Å². The number of hydrogen-bond acceptors (Lipinski definition) is 5. The van der Waals surface area contributed by atoms with Gasteiger partial charge in [0, 0.05) is 54.9 Å². The lowest BCUT2D eigenvalue weighted by Crippen LogP contribution is -2.40. The molecule has 2 aliphatic rings. The molecule has 1 atom stereocenters. The van der Waals surface area contributed by atoms with Crippen molar-refractivity contribution in [1.29, 1.82) is 0 Å². The topological polar surface area (TPSA) is 102 Å². The van der Waals surface area contributed by atoms with E-state index in [1.807, 2.05) is 36.4 Å².